The zero-order valence-corrected chi connectivity index (χ0v) is 16.7. The number of rotatable bonds is 6. The van der Waals surface area contributed by atoms with Crippen LogP contribution in [0.25, 0.3) is 0 Å². The molecule has 1 aromatic heterocycles. The number of ether oxygens (including phenoxy) is 3. The molecule has 1 aliphatic rings. The van der Waals surface area contributed by atoms with Crippen LogP contribution in [-0.2, 0) is 0 Å². The summed E-state index contributed by atoms with van der Waals surface area (Å²) in [5.41, 5.74) is 8.06. The SMILES string of the molecule is COc1ccc(C2Nc3ccccc3N2c2nccc(C(N)=O)n2)c(OC)c1OC. The summed E-state index contributed by atoms with van der Waals surface area (Å²) in [6, 6.07) is 12.9. The summed E-state index contributed by atoms with van der Waals surface area (Å²) in [6.45, 7) is 0. The predicted molar refractivity (Wildman–Crippen MR) is 112 cm³/mol. The maximum atomic E-state index is 11.7. The maximum Gasteiger partial charge on any atom is 0.267 e. The first-order chi connectivity index (χ1) is 14.6. The Morgan fingerprint density at radius 2 is 1.80 bits per heavy atom. The van der Waals surface area contributed by atoms with Crippen LogP contribution in [0.15, 0.2) is 48.7 Å². The number of amides is 1. The van der Waals surface area contributed by atoms with Crippen molar-refractivity contribution >= 4 is 23.2 Å². The molecule has 154 valence electrons. The molecule has 1 unspecified atom stereocenters. The van der Waals surface area contributed by atoms with Crippen LogP contribution in [0, 0.1) is 0 Å². The molecule has 1 atom stereocenters. The summed E-state index contributed by atoms with van der Waals surface area (Å²) in [6.07, 6.45) is 1.08. The highest BCUT2D eigenvalue weighted by Crippen LogP contribution is 2.50. The monoisotopic (exact) mass is 407 g/mol. The molecule has 0 radical (unpaired) electrons. The van der Waals surface area contributed by atoms with Gasteiger partial charge < -0.3 is 25.3 Å². The van der Waals surface area contributed by atoms with Gasteiger partial charge in [-0.3, -0.25) is 9.69 Å². The normalized spacial score (nSPS) is 14.6. The second-order valence-corrected chi connectivity index (χ2v) is 6.46. The number of primary amides is 1. The number of benzene rings is 2. The van der Waals surface area contributed by atoms with Crippen molar-refractivity contribution < 1.29 is 19.0 Å². The fourth-order valence-electron chi connectivity index (χ4n) is 3.54. The summed E-state index contributed by atoms with van der Waals surface area (Å²) in [5.74, 6) is 1.23. The van der Waals surface area contributed by atoms with Crippen LogP contribution in [0.1, 0.15) is 22.2 Å². The summed E-state index contributed by atoms with van der Waals surface area (Å²) >= 11 is 0. The Bertz CT molecular complexity index is 1100. The number of carbonyl (C=O) groups is 1. The number of nitrogens with two attached hydrogens (primary N) is 1. The van der Waals surface area contributed by atoms with E-state index in [4.69, 9.17) is 19.9 Å². The molecule has 3 aromatic rings. The van der Waals surface area contributed by atoms with Gasteiger partial charge in [0.05, 0.1) is 32.7 Å². The van der Waals surface area contributed by atoms with Crippen molar-refractivity contribution in [2.24, 2.45) is 5.73 Å². The van der Waals surface area contributed by atoms with E-state index in [0.717, 1.165) is 16.9 Å². The highest BCUT2D eigenvalue weighted by atomic mass is 16.5. The third kappa shape index (κ3) is 3.10. The standard InChI is InChI=1S/C21H21N5O4/c1-28-16-9-8-12(17(29-2)18(16)30-3)20-24-13-6-4-5-7-15(13)26(20)21-23-11-10-14(25-21)19(22)27/h4-11,20,24H,1-3H3,(H2,22,27). The zero-order valence-electron chi connectivity index (χ0n) is 16.7. The topological polar surface area (TPSA) is 112 Å². The predicted octanol–water partition coefficient (Wildman–Crippen LogP) is 2.86. The van der Waals surface area contributed by atoms with Crippen molar-refractivity contribution in [1.82, 2.24) is 9.97 Å². The van der Waals surface area contributed by atoms with Crippen molar-refractivity contribution in [3.05, 3.63) is 59.9 Å². The van der Waals surface area contributed by atoms with Crippen LogP contribution < -0.4 is 30.2 Å². The first kappa shape index (κ1) is 19.3. The molecule has 1 aliphatic heterocycles. The van der Waals surface area contributed by atoms with Crippen LogP contribution in [0.2, 0.25) is 0 Å². The summed E-state index contributed by atoms with van der Waals surface area (Å²) < 4.78 is 16.6. The first-order valence-electron chi connectivity index (χ1n) is 9.15. The van der Waals surface area contributed by atoms with Gasteiger partial charge in [-0.25, -0.2) is 9.97 Å². The van der Waals surface area contributed by atoms with E-state index < -0.39 is 12.1 Å². The Hall–Kier alpha value is -4.01. The number of hydrogen-bond donors (Lipinski definition) is 2. The molecule has 0 aliphatic carbocycles. The Labute approximate surface area is 173 Å². The number of aromatic nitrogens is 2. The van der Waals surface area contributed by atoms with E-state index in [1.807, 2.05) is 35.2 Å². The van der Waals surface area contributed by atoms with Crippen LogP contribution in [0.3, 0.4) is 0 Å². The van der Waals surface area contributed by atoms with E-state index >= 15 is 0 Å². The van der Waals surface area contributed by atoms with Crippen molar-refractivity contribution in [1.29, 1.82) is 0 Å². The highest BCUT2D eigenvalue weighted by Gasteiger charge is 2.36. The molecule has 4 rings (SSSR count). The molecule has 30 heavy (non-hydrogen) atoms. The van der Waals surface area contributed by atoms with Crippen molar-refractivity contribution in [3.8, 4) is 17.2 Å². The van der Waals surface area contributed by atoms with E-state index in [9.17, 15) is 4.79 Å². The molecule has 3 N–H and O–H groups in total. The first-order valence-corrected chi connectivity index (χ1v) is 9.15. The minimum absolute atomic E-state index is 0.127. The number of methoxy groups -OCH3 is 3. The van der Waals surface area contributed by atoms with Crippen molar-refractivity contribution in [2.75, 3.05) is 31.5 Å². The van der Waals surface area contributed by atoms with Gasteiger partial charge in [-0.15, -0.1) is 0 Å². The van der Waals surface area contributed by atoms with Gasteiger partial charge in [0.1, 0.15) is 11.9 Å². The van der Waals surface area contributed by atoms with Crippen LogP contribution in [-0.4, -0.2) is 37.2 Å². The fraction of sp³-hybridized carbons (Fsp3) is 0.190. The number of hydrogen-bond acceptors (Lipinski definition) is 8. The smallest absolute Gasteiger partial charge is 0.267 e. The van der Waals surface area contributed by atoms with Crippen molar-refractivity contribution in [3.63, 3.8) is 0 Å². The average molecular weight is 407 g/mol. The van der Waals surface area contributed by atoms with Crippen molar-refractivity contribution in [2.45, 2.75) is 6.17 Å². The fourth-order valence-corrected chi connectivity index (χ4v) is 3.54. The van der Waals surface area contributed by atoms with E-state index in [2.05, 4.69) is 15.3 Å². The Balaban J connectivity index is 1.90. The van der Waals surface area contributed by atoms with Gasteiger partial charge in [0, 0.05) is 11.8 Å². The minimum Gasteiger partial charge on any atom is -0.493 e. The molecule has 9 nitrogen and oxygen atoms in total. The minimum atomic E-state index is -0.626. The lowest BCUT2D eigenvalue weighted by Crippen LogP contribution is -2.26. The van der Waals surface area contributed by atoms with Gasteiger partial charge in [0.25, 0.3) is 5.91 Å². The molecule has 0 fully saturated rings. The van der Waals surface area contributed by atoms with Crippen LogP contribution in [0.5, 0.6) is 17.2 Å². The summed E-state index contributed by atoms with van der Waals surface area (Å²) in [4.78, 5) is 22.3. The van der Waals surface area contributed by atoms with Crippen LogP contribution >= 0.6 is 0 Å². The lowest BCUT2D eigenvalue weighted by molar-refractivity contribution is 0.0995. The molecular formula is C21H21N5O4. The maximum absolute atomic E-state index is 11.7. The lowest BCUT2D eigenvalue weighted by atomic mass is 10.1. The second kappa shape index (κ2) is 7.78. The van der Waals surface area contributed by atoms with E-state index in [0.29, 0.717) is 23.2 Å². The van der Waals surface area contributed by atoms with Gasteiger partial charge in [-0.2, -0.15) is 0 Å². The number of carbonyl (C=O) groups excluding carboxylic acids is 1. The van der Waals surface area contributed by atoms with Gasteiger partial charge >= 0.3 is 0 Å². The lowest BCUT2D eigenvalue weighted by Gasteiger charge is -2.27. The third-order valence-corrected chi connectivity index (χ3v) is 4.85. The second-order valence-electron chi connectivity index (χ2n) is 6.46. The Morgan fingerprint density at radius 1 is 1.03 bits per heavy atom. The zero-order chi connectivity index (χ0) is 21.3. The Kier molecular flexibility index (Phi) is 5.01. The number of para-hydroxylation sites is 2. The Morgan fingerprint density at radius 3 is 2.50 bits per heavy atom. The molecular weight excluding hydrogens is 386 g/mol. The van der Waals surface area contributed by atoms with Gasteiger partial charge in [-0.05, 0) is 30.3 Å². The summed E-state index contributed by atoms with van der Waals surface area (Å²) in [5, 5.41) is 3.46. The number of nitrogens with zero attached hydrogens (tertiary/aromatic N) is 3. The highest BCUT2D eigenvalue weighted by molar-refractivity contribution is 5.91. The van der Waals surface area contributed by atoms with Crippen LogP contribution in [0.4, 0.5) is 17.3 Å². The average Bonchev–Trinajstić information content (AvgIpc) is 3.17. The molecule has 1 amide bonds. The molecule has 2 heterocycles. The number of nitrogens with one attached hydrogen (secondary N) is 1. The largest absolute Gasteiger partial charge is 0.493 e. The van der Waals surface area contributed by atoms with Gasteiger partial charge in [0.2, 0.25) is 11.7 Å². The molecule has 0 saturated heterocycles. The molecule has 9 heteroatoms. The van der Waals surface area contributed by atoms with Gasteiger partial charge in [0.15, 0.2) is 11.5 Å². The third-order valence-electron chi connectivity index (χ3n) is 4.85. The quantitative estimate of drug-likeness (QED) is 0.642. The number of fused-ring (bicyclic) bond motifs is 1. The molecule has 0 saturated carbocycles. The van der Waals surface area contributed by atoms with Gasteiger partial charge in [-0.1, -0.05) is 12.1 Å². The molecule has 0 bridgehead atoms. The van der Waals surface area contributed by atoms with E-state index in [1.54, 1.807) is 27.4 Å². The number of anilines is 3. The summed E-state index contributed by atoms with van der Waals surface area (Å²) in [7, 11) is 4.69. The van der Waals surface area contributed by atoms with E-state index in [-0.39, 0.29) is 5.69 Å². The molecule has 0 spiro atoms. The van der Waals surface area contributed by atoms with E-state index in [1.165, 1.54) is 12.3 Å². The molecule has 2 aromatic carbocycles.